The minimum Gasteiger partial charge on any atom is -0.394 e. The average Bonchev–Trinajstić information content (AvgIpc) is 2.92. The zero-order valence-corrected chi connectivity index (χ0v) is 26.3. The molecule has 0 radical (unpaired) electrons. The third-order valence-corrected chi connectivity index (χ3v) is 8.17. The number of nitrogens with one attached hydrogen (secondary N) is 1. The van der Waals surface area contributed by atoms with Crippen molar-refractivity contribution in [2.75, 3.05) is 6.61 Å². The molecule has 1 amide bonds. The molecule has 234 valence electrons. The van der Waals surface area contributed by atoms with Gasteiger partial charge in [0.05, 0.1) is 31.3 Å². The van der Waals surface area contributed by atoms with Gasteiger partial charge in [-0.25, -0.2) is 0 Å². The summed E-state index contributed by atoms with van der Waals surface area (Å²) < 4.78 is 0. The lowest BCUT2D eigenvalue weighted by atomic mass is 10.0. The van der Waals surface area contributed by atoms with Gasteiger partial charge in [-0.05, 0) is 12.8 Å². The summed E-state index contributed by atoms with van der Waals surface area (Å²) >= 11 is 0. The molecule has 0 spiro atoms. The number of hydrogen-bond donors (Lipinski definition) is 4. The van der Waals surface area contributed by atoms with Crippen LogP contribution in [0, 0.1) is 0 Å². The zero-order chi connectivity index (χ0) is 28.8. The Bertz CT molecular complexity index is 502. The largest absolute Gasteiger partial charge is 0.394 e. The molecule has 0 fully saturated rings. The molecule has 0 heterocycles. The highest BCUT2D eigenvalue weighted by Crippen LogP contribution is 2.15. The standard InChI is InChI=1S/C34H69NO4/c1-3-5-7-9-11-13-15-16-18-20-22-24-26-28-33(38)32(30-36)35-34(39)29-31(37)27-25-23-21-19-17-14-12-10-8-6-4-2/h31-33,36-38H,3-30H2,1-2H3,(H,35,39)/t31?,32-,33+/m0/s1. The Balaban J connectivity index is 3.68. The van der Waals surface area contributed by atoms with Gasteiger partial charge in [0.15, 0.2) is 0 Å². The maximum atomic E-state index is 12.3. The molecule has 5 heteroatoms. The van der Waals surface area contributed by atoms with Crippen molar-refractivity contribution in [3.05, 3.63) is 0 Å². The summed E-state index contributed by atoms with van der Waals surface area (Å²) in [4.78, 5) is 12.3. The molecular weight excluding hydrogens is 486 g/mol. The summed E-state index contributed by atoms with van der Waals surface area (Å²) in [6.07, 6.45) is 30.5. The molecule has 0 saturated carbocycles. The van der Waals surface area contributed by atoms with Crippen LogP contribution in [0.1, 0.15) is 187 Å². The number of rotatable bonds is 31. The van der Waals surface area contributed by atoms with Crippen molar-refractivity contribution in [1.82, 2.24) is 5.32 Å². The lowest BCUT2D eigenvalue weighted by molar-refractivity contribution is -0.125. The molecule has 0 rings (SSSR count). The number of amides is 1. The van der Waals surface area contributed by atoms with E-state index in [1.807, 2.05) is 0 Å². The van der Waals surface area contributed by atoms with Gasteiger partial charge in [-0.3, -0.25) is 4.79 Å². The predicted octanol–water partition coefficient (Wildman–Crippen LogP) is 8.76. The summed E-state index contributed by atoms with van der Waals surface area (Å²) in [7, 11) is 0. The van der Waals surface area contributed by atoms with Crippen molar-refractivity contribution in [3.63, 3.8) is 0 Å². The summed E-state index contributed by atoms with van der Waals surface area (Å²) in [5.74, 6) is -0.283. The second kappa shape index (κ2) is 30.3. The van der Waals surface area contributed by atoms with Crippen molar-refractivity contribution >= 4 is 5.91 Å². The van der Waals surface area contributed by atoms with E-state index in [9.17, 15) is 20.1 Å². The highest BCUT2D eigenvalue weighted by Gasteiger charge is 2.21. The van der Waals surface area contributed by atoms with E-state index in [-0.39, 0.29) is 18.9 Å². The normalized spacial score (nSPS) is 13.9. The van der Waals surface area contributed by atoms with Crippen molar-refractivity contribution in [1.29, 1.82) is 0 Å². The molecule has 0 saturated heterocycles. The maximum Gasteiger partial charge on any atom is 0.222 e. The second-order valence-corrected chi connectivity index (χ2v) is 12.1. The zero-order valence-electron chi connectivity index (χ0n) is 26.3. The summed E-state index contributed by atoms with van der Waals surface area (Å²) in [6.45, 7) is 4.24. The first kappa shape index (κ1) is 38.4. The van der Waals surface area contributed by atoms with Crippen LogP contribution in [0.4, 0.5) is 0 Å². The van der Waals surface area contributed by atoms with Gasteiger partial charge < -0.3 is 20.6 Å². The van der Waals surface area contributed by atoms with E-state index in [1.54, 1.807) is 0 Å². The van der Waals surface area contributed by atoms with E-state index in [2.05, 4.69) is 19.2 Å². The lowest BCUT2D eigenvalue weighted by Crippen LogP contribution is -2.46. The fraction of sp³-hybridized carbons (Fsp3) is 0.971. The van der Waals surface area contributed by atoms with Gasteiger partial charge in [-0.2, -0.15) is 0 Å². The minimum atomic E-state index is -0.740. The number of aliphatic hydroxyl groups excluding tert-OH is 3. The molecule has 0 bridgehead atoms. The fourth-order valence-corrected chi connectivity index (χ4v) is 5.46. The van der Waals surface area contributed by atoms with E-state index in [1.165, 1.54) is 128 Å². The van der Waals surface area contributed by atoms with Gasteiger partial charge in [0.2, 0.25) is 5.91 Å². The monoisotopic (exact) mass is 556 g/mol. The number of unbranched alkanes of at least 4 members (excludes halogenated alkanes) is 22. The third-order valence-electron chi connectivity index (χ3n) is 8.17. The molecule has 3 atom stereocenters. The highest BCUT2D eigenvalue weighted by molar-refractivity contribution is 5.76. The van der Waals surface area contributed by atoms with Crippen LogP contribution in [-0.4, -0.2) is 46.1 Å². The lowest BCUT2D eigenvalue weighted by Gasteiger charge is -2.23. The summed E-state index contributed by atoms with van der Waals surface area (Å²) in [6, 6.07) is -0.649. The number of hydrogen-bond acceptors (Lipinski definition) is 4. The van der Waals surface area contributed by atoms with Gasteiger partial charge in [-0.1, -0.05) is 168 Å². The van der Waals surface area contributed by atoms with Gasteiger partial charge in [0.25, 0.3) is 0 Å². The molecule has 0 aliphatic carbocycles. The van der Waals surface area contributed by atoms with E-state index in [0.717, 1.165) is 25.7 Å². The quantitative estimate of drug-likeness (QED) is 0.0644. The van der Waals surface area contributed by atoms with Crippen LogP contribution in [0.25, 0.3) is 0 Å². The second-order valence-electron chi connectivity index (χ2n) is 12.1. The number of aliphatic hydroxyl groups is 3. The van der Waals surface area contributed by atoms with E-state index in [0.29, 0.717) is 12.8 Å². The van der Waals surface area contributed by atoms with Gasteiger partial charge >= 0.3 is 0 Å². The first-order valence-corrected chi connectivity index (χ1v) is 17.3. The van der Waals surface area contributed by atoms with Crippen LogP contribution in [0.2, 0.25) is 0 Å². The van der Waals surface area contributed by atoms with E-state index in [4.69, 9.17) is 0 Å². The molecular formula is C34H69NO4. The number of carbonyl (C=O) groups is 1. The molecule has 1 unspecified atom stereocenters. The first-order chi connectivity index (χ1) is 19.0. The predicted molar refractivity (Wildman–Crippen MR) is 167 cm³/mol. The van der Waals surface area contributed by atoms with Crippen LogP contribution in [0.5, 0.6) is 0 Å². The fourth-order valence-electron chi connectivity index (χ4n) is 5.46. The Labute approximate surface area is 243 Å². The summed E-state index contributed by atoms with van der Waals surface area (Å²) in [5, 5.41) is 33.1. The molecule has 5 nitrogen and oxygen atoms in total. The minimum absolute atomic E-state index is 0.0414. The molecule has 0 aromatic rings. The molecule has 0 aromatic heterocycles. The average molecular weight is 556 g/mol. The van der Waals surface area contributed by atoms with Crippen LogP contribution >= 0.6 is 0 Å². The Morgan fingerprint density at radius 3 is 1.23 bits per heavy atom. The topological polar surface area (TPSA) is 89.8 Å². The van der Waals surface area contributed by atoms with Gasteiger partial charge in [0, 0.05) is 0 Å². The van der Waals surface area contributed by atoms with Crippen molar-refractivity contribution < 1.29 is 20.1 Å². The molecule has 0 aromatic carbocycles. The van der Waals surface area contributed by atoms with Crippen LogP contribution in [0.15, 0.2) is 0 Å². The van der Waals surface area contributed by atoms with Crippen LogP contribution in [0.3, 0.4) is 0 Å². The maximum absolute atomic E-state index is 12.3. The van der Waals surface area contributed by atoms with E-state index >= 15 is 0 Å². The number of carbonyl (C=O) groups excluding carboxylic acids is 1. The third kappa shape index (κ3) is 27.3. The van der Waals surface area contributed by atoms with Crippen molar-refractivity contribution in [2.24, 2.45) is 0 Å². The molecule has 0 aliphatic heterocycles. The first-order valence-electron chi connectivity index (χ1n) is 17.3. The molecule has 4 N–H and O–H groups in total. The van der Waals surface area contributed by atoms with Gasteiger partial charge in [-0.15, -0.1) is 0 Å². The smallest absolute Gasteiger partial charge is 0.222 e. The molecule has 39 heavy (non-hydrogen) atoms. The Kier molecular flexibility index (Phi) is 29.8. The summed E-state index contributed by atoms with van der Waals surface area (Å²) in [5.41, 5.74) is 0. The van der Waals surface area contributed by atoms with Crippen LogP contribution < -0.4 is 5.32 Å². The SMILES string of the molecule is CCCCCCCCCCCCCCC[C@@H](O)[C@H](CO)NC(=O)CC(O)CCCCCCCCCCCCC. The Morgan fingerprint density at radius 2 is 0.872 bits per heavy atom. The highest BCUT2D eigenvalue weighted by atomic mass is 16.3. The molecule has 0 aliphatic rings. The Morgan fingerprint density at radius 1 is 0.538 bits per heavy atom. The van der Waals surface area contributed by atoms with Crippen LogP contribution in [-0.2, 0) is 4.79 Å². The van der Waals surface area contributed by atoms with Crippen molar-refractivity contribution in [2.45, 2.75) is 205 Å². The van der Waals surface area contributed by atoms with Gasteiger partial charge in [0.1, 0.15) is 0 Å². The van der Waals surface area contributed by atoms with Crippen molar-refractivity contribution in [3.8, 4) is 0 Å². The van der Waals surface area contributed by atoms with E-state index < -0.39 is 18.2 Å². The Hall–Kier alpha value is -0.650.